The molecule has 1 saturated heterocycles. The zero-order valence-corrected chi connectivity index (χ0v) is 13.9. The molecule has 1 heterocycles. The van der Waals surface area contributed by atoms with Crippen molar-refractivity contribution in [3.8, 4) is 0 Å². The first-order valence-corrected chi connectivity index (χ1v) is 9.02. The van der Waals surface area contributed by atoms with Crippen molar-refractivity contribution >= 4 is 7.82 Å². The second-order valence-corrected chi connectivity index (χ2v) is 8.18. The monoisotopic (exact) mass is 306 g/mol. The van der Waals surface area contributed by atoms with E-state index in [-0.39, 0.29) is 29.8 Å². The van der Waals surface area contributed by atoms with Crippen LogP contribution in [0.4, 0.5) is 0 Å². The minimum atomic E-state index is -4.01. The second kappa shape index (κ2) is 5.69. The third-order valence-corrected chi connectivity index (χ3v) is 5.38. The molecule has 2 aliphatic rings. The average Bonchev–Trinajstić information content (AvgIpc) is 2.36. The van der Waals surface area contributed by atoms with Gasteiger partial charge in [0.15, 0.2) is 0 Å². The van der Waals surface area contributed by atoms with Gasteiger partial charge >= 0.3 is 7.82 Å². The standard InChI is InChI=1S/C14H27O5P/c1-9(2)8-14-7-6-12(14)13(11(5)17-14)19-20(15,16)18-10(3)4/h9-13H,6-8H2,1-5H3,(H,15,16)/t11-,12?,13+,14+/m0/s1. The van der Waals surface area contributed by atoms with E-state index in [0.717, 1.165) is 19.3 Å². The lowest BCUT2D eigenvalue weighted by Crippen LogP contribution is -2.48. The van der Waals surface area contributed by atoms with Gasteiger partial charge in [0.2, 0.25) is 0 Å². The molecule has 118 valence electrons. The predicted molar refractivity (Wildman–Crippen MR) is 76.4 cm³/mol. The first kappa shape index (κ1) is 16.4. The number of phosphoric ester groups is 1. The molecule has 6 heteroatoms. The van der Waals surface area contributed by atoms with Crippen LogP contribution < -0.4 is 0 Å². The number of phosphoric acid groups is 1. The zero-order valence-electron chi connectivity index (χ0n) is 13.0. The van der Waals surface area contributed by atoms with Crippen molar-refractivity contribution in [2.24, 2.45) is 11.8 Å². The Balaban J connectivity index is 2.05. The molecule has 0 bridgehead atoms. The van der Waals surface area contributed by atoms with Gasteiger partial charge in [0.1, 0.15) is 6.10 Å². The smallest absolute Gasteiger partial charge is 0.369 e. The molecule has 0 radical (unpaired) electrons. The largest absolute Gasteiger partial charge is 0.472 e. The van der Waals surface area contributed by atoms with E-state index in [1.54, 1.807) is 13.8 Å². The van der Waals surface area contributed by atoms with E-state index in [1.807, 2.05) is 6.92 Å². The van der Waals surface area contributed by atoms with E-state index < -0.39 is 7.82 Å². The molecule has 0 amide bonds. The van der Waals surface area contributed by atoms with E-state index in [1.165, 1.54) is 0 Å². The Labute approximate surface area is 121 Å². The minimum absolute atomic E-state index is 0.157. The summed E-state index contributed by atoms with van der Waals surface area (Å²) in [4.78, 5) is 9.81. The van der Waals surface area contributed by atoms with E-state index >= 15 is 0 Å². The lowest BCUT2D eigenvalue weighted by atomic mass is 9.65. The Morgan fingerprint density at radius 3 is 2.50 bits per heavy atom. The van der Waals surface area contributed by atoms with E-state index in [4.69, 9.17) is 13.8 Å². The van der Waals surface area contributed by atoms with Crippen LogP contribution in [0.1, 0.15) is 53.9 Å². The lowest BCUT2D eigenvalue weighted by molar-refractivity contribution is -0.114. The van der Waals surface area contributed by atoms with Gasteiger partial charge in [-0.15, -0.1) is 0 Å². The van der Waals surface area contributed by atoms with Crippen LogP contribution in [0.25, 0.3) is 0 Å². The summed E-state index contributed by atoms with van der Waals surface area (Å²) in [5.41, 5.74) is -0.157. The Hall–Kier alpha value is 0.0700. The van der Waals surface area contributed by atoms with Crippen molar-refractivity contribution in [1.29, 1.82) is 0 Å². The van der Waals surface area contributed by atoms with Crippen molar-refractivity contribution in [1.82, 2.24) is 0 Å². The third kappa shape index (κ3) is 3.28. The fraction of sp³-hybridized carbons (Fsp3) is 1.00. The molecule has 1 N–H and O–H groups in total. The third-order valence-electron chi connectivity index (χ3n) is 4.19. The van der Waals surface area contributed by atoms with Crippen molar-refractivity contribution in [3.63, 3.8) is 0 Å². The molecular formula is C14H27O5P. The van der Waals surface area contributed by atoms with Crippen molar-refractivity contribution in [3.05, 3.63) is 0 Å². The van der Waals surface area contributed by atoms with Crippen LogP contribution >= 0.6 is 7.82 Å². The predicted octanol–water partition coefficient (Wildman–Crippen LogP) is 3.51. The van der Waals surface area contributed by atoms with Gasteiger partial charge in [-0.1, -0.05) is 13.8 Å². The van der Waals surface area contributed by atoms with Crippen LogP contribution in [-0.4, -0.2) is 28.8 Å². The van der Waals surface area contributed by atoms with Gasteiger partial charge in [0.25, 0.3) is 0 Å². The molecule has 0 spiro atoms. The van der Waals surface area contributed by atoms with Gasteiger partial charge in [-0.2, -0.15) is 0 Å². The molecule has 5 nitrogen and oxygen atoms in total. The fourth-order valence-electron chi connectivity index (χ4n) is 3.60. The van der Waals surface area contributed by atoms with Crippen LogP contribution in [0, 0.1) is 11.8 Å². The molecule has 1 aliphatic heterocycles. The Bertz CT molecular complexity index is 397. The van der Waals surface area contributed by atoms with Crippen LogP contribution in [0.15, 0.2) is 0 Å². The molecule has 20 heavy (non-hydrogen) atoms. The first-order chi connectivity index (χ1) is 9.15. The van der Waals surface area contributed by atoms with E-state index in [0.29, 0.717) is 5.92 Å². The molecule has 0 aromatic carbocycles. The first-order valence-electron chi connectivity index (χ1n) is 7.52. The molecule has 2 rings (SSSR count). The summed E-state index contributed by atoms with van der Waals surface area (Å²) in [6.07, 6.45) is 2.12. The zero-order chi connectivity index (χ0) is 15.1. The van der Waals surface area contributed by atoms with Gasteiger partial charge < -0.3 is 9.63 Å². The van der Waals surface area contributed by atoms with E-state index in [2.05, 4.69) is 13.8 Å². The molecule has 1 aliphatic carbocycles. The number of hydrogen-bond acceptors (Lipinski definition) is 4. The topological polar surface area (TPSA) is 65.0 Å². The average molecular weight is 306 g/mol. The summed E-state index contributed by atoms with van der Waals surface area (Å²) in [6.45, 7) is 9.69. The summed E-state index contributed by atoms with van der Waals surface area (Å²) in [5.74, 6) is 0.743. The van der Waals surface area contributed by atoms with Crippen LogP contribution in [0.2, 0.25) is 0 Å². The normalized spacial score (nSPS) is 39.7. The highest BCUT2D eigenvalue weighted by Crippen LogP contribution is 2.59. The van der Waals surface area contributed by atoms with Gasteiger partial charge in [-0.3, -0.25) is 9.05 Å². The lowest BCUT2D eigenvalue weighted by Gasteiger charge is -2.46. The Kier molecular flexibility index (Phi) is 4.68. The molecular weight excluding hydrogens is 279 g/mol. The maximum absolute atomic E-state index is 12.0. The quantitative estimate of drug-likeness (QED) is 0.761. The highest BCUT2D eigenvalue weighted by Gasteiger charge is 2.60. The fourth-order valence-corrected chi connectivity index (χ4v) is 4.81. The Morgan fingerprint density at radius 2 is 2.05 bits per heavy atom. The molecule has 2 unspecified atom stereocenters. The SMILES string of the molecule is CC(C)C[C@]12CCC1[C@H](OP(=O)(O)OC(C)C)[C@H](C)O2. The van der Waals surface area contributed by atoms with Crippen molar-refractivity contribution in [2.75, 3.05) is 0 Å². The molecule has 0 aromatic heterocycles. The van der Waals surface area contributed by atoms with E-state index in [9.17, 15) is 9.46 Å². The van der Waals surface area contributed by atoms with Crippen molar-refractivity contribution < 1.29 is 23.2 Å². The summed E-state index contributed by atoms with van der Waals surface area (Å²) >= 11 is 0. The highest BCUT2D eigenvalue weighted by atomic mass is 31.2. The van der Waals surface area contributed by atoms with Gasteiger partial charge in [0, 0.05) is 5.92 Å². The second-order valence-electron chi connectivity index (χ2n) is 6.82. The summed E-state index contributed by atoms with van der Waals surface area (Å²) < 4.78 is 28.5. The van der Waals surface area contributed by atoms with Gasteiger partial charge in [-0.05, 0) is 46.0 Å². The minimum Gasteiger partial charge on any atom is -0.369 e. The molecule has 0 aromatic rings. The maximum atomic E-state index is 12.0. The molecule has 1 saturated carbocycles. The summed E-state index contributed by atoms with van der Waals surface area (Å²) in [5, 5.41) is 0. The molecule has 2 fully saturated rings. The maximum Gasteiger partial charge on any atom is 0.472 e. The number of fused-ring (bicyclic) bond motifs is 1. The Morgan fingerprint density at radius 1 is 1.40 bits per heavy atom. The van der Waals surface area contributed by atoms with Crippen LogP contribution in [-0.2, 0) is 18.3 Å². The summed E-state index contributed by atoms with van der Waals surface area (Å²) in [6, 6.07) is 0. The highest BCUT2D eigenvalue weighted by molar-refractivity contribution is 7.47. The summed E-state index contributed by atoms with van der Waals surface area (Å²) in [7, 11) is -4.01. The molecule has 5 atom stereocenters. The van der Waals surface area contributed by atoms with Crippen molar-refractivity contribution in [2.45, 2.75) is 77.8 Å². The van der Waals surface area contributed by atoms with Gasteiger partial charge in [-0.25, -0.2) is 4.57 Å². The number of ether oxygens (including phenoxy) is 1. The van der Waals surface area contributed by atoms with Crippen LogP contribution in [0.3, 0.4) is 0 Å². The number of rotatable bonds is 6. The van der Waals surface area contributed by atoms with Gasteiger partial charge in [0.05, 0.1) is 17.8 Å². The van der Waals surface area contributed by atoms with Crippen LogP contribution in [0.5, 0.6) is 0 Å². The number of hydrogen-bond donors (Lipinski definition) is 1.